The summed E-state index contributed by atoms with van der Waals surface area (Å²) in [5.41, 5.74) is -6.25. The molecule has 2 bridgehead atoms. The molecule has 0 saturated carbocycles. The average Bonchev–Trinajstić information content (AvgIpc) is 3.14. The first-order chi connectivity index (χ1) is 20.1. The number of hydrogen-bond acceptors (Lipinski definition) is 11. The van der Waals surface area contributed by atoms with Gasteiger partial charge in [0.1, 0.15) is 12.2 Å². The fourth-order valence-electron chi connectivity index (χ4n) is 5.60. The Bertz CT molecular complexity index is 1270. The molecule has 15 nitrogen and oxygen atoms in total. The first-order valence-electron chi connectivity index (χ1n) is 13.4. The van der Waals surface area contributed by atoms with Crippen LogP contribution in [0.2, 0.25) is 0 Å². The van der Waals surface area contributed by atoms with Crippen molar-refractivity contribution in [2.24, 2.45) is 5.92 Å². The Morgan fingerprint density at radius 2 is 1.72 bits per heavy atom. The Labute approximate surface area is 246 Å². The number of alkyl carbamates (subject to hydrolysis) is 1. The van der Waals surface area contributed by atoms with Crippen LogP contribution in [-0.2, 0) is 44.5 Å². The molecule has 1 amide bonds. The first-order valence-corrected chi connectivity index (χ1v) is 13.4. The Hall–Kier alpha value is -4.05. The third-order valence-electron chi connectivity index (χ3n) is 7.57. The number of esters is 1. The Balaban J connectivity index is 2.03. The number of carbonyl (C=O) groups is 5. The lowest BCUT2D eigenvalue weighted by atomic mass is 9.74. The van der Waals surface area contributed by atoms with Gasteiger partial charge in [-0.05, 0) is 30.9 Å². The summed E-state index contributed by atoms with van der Waals surface area (Å²) in [6.45, 7) is 8.42. The van der Waals surface area contributed by atoms with Crippen LogP contribution in [0.3, 0.4) is 0 Å². The highest BCUT2D eigenvalue weighted by Crippen LogP contribution is 2.55. The van der Waals surface area contributed by atoms with Gasteiger partial charge in [-0.15, -0.1) is 0 Å². The van der Waals surface area contributed by atoms with E-state index in [1.165, 1.54) is 13.8 Å². The maximum Gasteiger partial charge on any atom is 0.407 e. The standard InChI is InChI=1S/C28H35NO14/c1-5-29-25(38)41-20-19(31)26(42-21(22(32)33)27(39,23(34)35)28(20,43-26)24(36)37)12-11-14(2)18(40-16(4)30)15(3)13-17-9-7-6-8-10-17/h6-10,15,18-21,31,39H,2,5,11-13H2,1,3-4H3,(H,29,38)(H,32,33)(H,34,35)(H,36,37)/t15?,18?,19-,20-,21-,26-,27-,28-/m1/s1. The number of ether oxygens (including phenoxy) is 4. The maximum absolute atomic E-state index is 12.7. The minimum atomic E-state index is -3.88. The van der Waals surface area contributed by atoms with Gasteiger partial charge >= 0.3 is 30.0 Å². The summed E-state index contributed by atoms with van der Waals surface area (Å²) in [5, 5.41) is 54.7. The van der Waals surface area contributed by atoms with Gasteiger partial charge < -0.3 is 49.8 Å². The van der Waals surface area contributed by atoms with Crippen molar-refractivity contribution in [3.8, 4) is 0 Å². The molecule has 15 heteroatoms. The van der Waals surface area contributed by atoms with Gasteiger partial charge in [-0.3, -0.25) is 4.79 Å². The summed E-state index contributed by atoms with van der Waals surface area (Å²) in [6.07, 6.45) is -10.2. The number of rotatable bonds is 13. The number of aliphatic carboxylic acids is 3. The van der Waals surface area contributed by atoms with Crippen molar-refractivity contribution < 1.29 is 68.5 Å². The van der Waals surface area contributed by atoms with Crippen LogP contribution in [0.25, 0.3) is 0 Å². The summed E-state index contributed by atoms with van der Waals surface area (Å²) in [7, 11) is 0. The van der Waals surface area contributed by atoms with Crippen molar-refractivity contribution in [3.63, 3.8) is 0 Å². The number of hydrogen-bond donors (Lipinski definition) is 6. The summed E-state index contributed by atoms with van der Waals surface area (Å²) in [5.74, 6) is -10.3. The number of carbonyl (C=O) groups excluding carboxylic acids is 2. The Morgan fingerprint density at radius 1 is 1.09 bits per heavy atom. The monoisotopic (exact) mass is 609 g/mol. The van der Waals surface area contributed by atoms with Crippen LogP contribution in [0.15, 0.2) is 42.5 Å². The van der Waals surface area contributed by atoms with E-state index in [1.54, 1.807) is 6.92 Å². The van der Waals surface area contributed by atoms with Crippen molar-refractivity contribution in [3.05, 3.63) is 48.0 Å². The number of aliphatic hydroxyl groups excluding tert-OH is 1. The number of aliphatic hydroxyl groups is 2. The van der Waals surface area contributed by atoms with E-state index in [4.69, 9.17) is 18.9 Å². The number of amides is 1. The quantitative estimate of drug-likeness (QED) is 0.132. The van der Waals surface area contributed by atoms with Gasteiger partial charge in [0.05, 0.1) is 0 Å². The van der Waals surface area contributed by atoms with Gasteiger partial charge in [0, 0.05) is 25.8 Å². The maximum atomic E-state index is 12.7. The Morgan fingerprint density at radius 3 is 2.23 bits per heavy atom. The fourth-order valence-corrected chi connectivity index (χ4v) is 5.60. The van der Waals surface area contributed by atoms with Gasteiger partial charge in [-0.25, -0.2) is 19.2 Å². The summed E-state index contributed by atoms with van der Waals surface area (Å²) in [4.78, 5) is 61.5. The van der Waals surface area contributed by atoms with Crippen LogP contribution < -0.4 is 5.32 Å². The molecule has 0 aromatic heterocycles. The van der Waals surface area contributed by atoms with Crippen LogP contribution in [0.4, 0.5) is 4.79 Å². The predicted molar refractivity (Wildman–Crippen MR) is 142 cm³/mol. The van der Waals surface area contributed by atoms with Crippen molar-refractivity contribution in [2.75, 3.05) is 6.54 Å². The first kappa shape index (κ1) is 33.5. The molecule has 0 spiro atoms. The average molecular weight is 610 g/mol. The van der Waals surface area contributed by atoms with Crippen LogP contribution in [0, 0.1) is 5.92 Å². The van der Waals surface area contributed by atoms with Gasteiger partial charge in [-0.2, -0.15) is 0 Å². The largest absolute Gasteiger partial charge is 0.479 e. The molecular formula is C28H35NO14. The lowest BCUT2D eigenvalue weighted by Gasteiger charge is -2.48. The molecule has 0 radical (unpaired) electrons. The molecule has 1 aromatic carbocycles. The number of benzene rings is 1. The normalized spacial score (nSPS) is 30.9. The van der Waals surface area contributed by atoms with E-state index in [9.17, 15) is 49.5 Å². The minimum Gasteiger partial charge on any atom is -0.479 e. The lowest BCUT2D eigenvalue weighted by molar-refractivity contribution is -0.373. The summed E-state index contributed by atoms with van der Waals surface area (Å²) >= 11 is 0. The molecule has 3 rings (SSSR count). The minimum absolute atomic E-state index is 0.0241. The third-order valence-corrected chi connectivity index (χ3v) is 7.57. The van der Waals surface area contributed by atoms with Gasteiger partial charge in [0.15, 0.2) is 6.10 Å². The molecule has 2 unspecified atom stereocenters. The smallest absolute Gasteiger partial charge is 0.407 e. The van der Waals surface area contributed by atoms with Gasteiger partial charge in [-0.1, -0.05) is 43.8 Å². The molecule has 8 atom stereocenters. The van der Waals surface area contributed by atoms with Crippen molar-refractivity contribution in [2.45, 2.75) is 81.4 Å². The van der Waals surface area contributed by atoms with E-state index in [2.05, 4.69) is 11.9 Å². The second-order valence-electron chi connectivity index (χ2n) is 10.5. The highest BCUT2D eigenvalue weighted by molar-refractivity contribution is 5.98. The number of fused-ring (bicyclic) bond motifs is 2. The van der Waals surface area contributed by atoms with Crippen LogP contribution in [0.5, 0.6) is 0 Å². The van der Waals surface area contributed by atoms with E-state index >= 15 is 0 Å². The summed E-state index contributed by atoms with van der Waals surface area (Å²) < 4.78 is 21.5. The van der Waals surface area contributed by atoms with Crippen molar-refractivity contribution in [1.82, 2.24) is 5.32 Å². The topological polar surface area (TPSA) is 235 Å². The van der Waals surface area contributed by atoms with E-state index in [0.29, 0.717) is 6.42 Å². The molecular weight excluding hydrogens is 574 g/mol. The molecule has 2 aliphatic rings. The zero-order valence-corrected chi connectivity index (χ0v) is 23.7. The number of nitrogens with one attached hydrogen (secondary N) is 1. The van der Waals surface area contributed by atoms with E-state index < -0.39 is 77.8 Å². The highest BCUT2D eigenvalue weighted by atomic mass is 16.8. The van der Waals surface area contributed by atoms with Gasteiger partial charge in [0.2, 0.25) is 17.5 Å². The van der Waals surface area contributed by atoms with Crippen molar-refractivity contribution in [1.29, 1.82) is 0 Å². The number of carboxylic acid groups (broad SMARTS) is 3. The van der Waals surface area contributed by atoms with E-state index in [0.717, 1.165) is 5.56 Å². The van der Waals surface area contributed by atoms with Crippen LogP contribution in [0.1, 0.15) is 39.2 Å². The lowest BCUT2D eigenvalue weighted by Crippen LogP contribution is -2.78. The fraction of sp³-hybridized carbons (Fsp3) is 0.536. The van der Waals surface area contributed by atoms with Crippen LogP contribution in [-0.4, -0.2) is 103 Å². The summed E-state index contributed by atoms with van der Waals surface area (Å²) in [6, 6.07) is 9.25. The highest BCUT2D eigenvalue weighted by Gasteiger charge is 2.85. The van der Waals surface area contributed by atoms with Crippen molar-refractivity contribution >= 4 is 30.0 Å². The van der Waals surface area contributed by atoms with Crippen LogP contribution >= 0.6 is 0 Å². The van der Waals surface area contributed by atoms with Gasteiger partial charge in [0.25, 0.3) is 5.60 Å². The zero-order chi connectivity index (χ0) is 32.3. The molecule has 1 aromatic rings. The molecule has 2 saturated heterocycles. The second kappa shape index (κ2) is 12.7. The van der Waals surface area contributed by atoms with E-state index in [-0.39, 0.29) is 24.5 Å². The molecule has 43 heavy (non-hydrogen) atoms. The second-order valence-corrected chi connectivity index (χ2v) is 10.5. The number of carboxylic acids is 3. The molecule has 2 heterocycles. The zero-order valence-electron chi connectivity index (χ0n) is 23.7. The molecule has 2 fully saturated rings. The molecule has 2 aliphatic heterocycles. The third kappa shape index (κ3) is 5.93. The predicted octanol–water partition coefficient (Wildman–Crippen LogP) is 0.458. The molecule has 236 valence electrons. The molecule has 0 aliphatic carbocycles. The molecule has 6 N–H and O–H groups in total. The van der Waals surface area contributed by atoms with E-state index in [1.807, 2.05) is 30.3 Å². The SMILES string of the molecule is C=C(CC[C@@]12O[C@H](C(=O)O)[C@@](O)(C(=O)O)[C@@](C(=O)O)(O1)[C@H](OC(=O)NCC)[C@H]2O)C(OC(C)=O)C(C)Cc1ccccc1. The Kier molecular flexibility index (Phi) is 9.86.